The van der Waals surface area contributed by atoms with Crippen LogP contribution in [0.25, 0.3) is 0 Å². The van der Waals surface area contributed by atoms with E-state index in [2.05, 4.69) is 30.8 Å². The first kappa shape index (κ1) is 8.26. The first-order chi connectivity index (χ1) is 5.86. The van der Waals surface area contributed by atoms with E-state index in [0.29, 0.717) is 0 Å². The molecule has 2 rings (SSSR count). The van der Waals surface area contributed by atoms with Crippen molar-refractivity contribution in [1.82, 2.24) is 14.9 Å². The van der Waals surface area contributed by atoms with Crippen LogP contribution in [0.15, 0.2) is 17.1 Å². The summed E-state index contributed by atoms with van der Waals surface area (Å²) in [6.07, 6.45) is 5.12. The van der Waals surface area contributed by atoms with Gasteiger partial charge in [-0.2, -0.15) is 0 Å². The van der Waals surface area contributed by atoms with Crippen LogP contribution in [0.2, 0.25) is 0 Å². The Hall–Kier alpha value is -0.350. The van der Waals surface area contributed by atoms with Gasteiger partial charge in [-0.1, -0.05) is 0 Å². The van der Waals surface area contributed by atoms with Gasteiger partial charge < -0.3 is 9.88 Å². The first-order valence-corrected chi connectivity index (χ1v) is 5.03. The molecule has 1 aromatic heterocycles. The summed E-state index contributed by atoms with van der Waals surface area (Å²) in [5.41, 5.74) is 0. The quantitative estimate of drug-likeness (QED) is 0.828. The van der Waals surface area contributed by atoms with Gasteiger partial charge >= 0.3 is 0 Å². The number of imidazole rings is 1. The lowest BCUT2D eigenvalue weighted by molar-refractivity contribution is 0.476. The molecule has 1 aliphatic rings. The monoisotopic (exact) mass is 229 g/mol. The molecule has 2 heterocycles. The van der Waals surface area contributed by atoms with Gasteiger partial charge in [0.15, 0.2) is 4.73 Å². The molecule has 0 aromatic carbocycles. The summed E-state index contributed by atoms with van der Waals surface area (Å²) in [7, 11) is 0. The molecule has 1 fully saturated rings. The predicted octanol–water partition coefficient (Wildman–Crippen LogP) is 1.26. The topological polar surface area (TPSA) is 29.9 Å². The minimum Gasteiger partial charge on any atom is -0.325 e. The van der Waals surface area contributed by atoms with E-state index in [-0.39, 0.29) is 0 Å². The number of rotatable bonds is 2. The van der Waals surface area contributed by atoms with Gasteiger partial charge in [0.05, 0.1) is 0 Å². The molecule has 0 amide bonds. The molecule has 0 saturated carbocycles. The van der Waals surface area contributed by atoms with Gasteiger partial charge in [0.1, 0.15) is 0 Å². The zero-order valence-electron chi connectivity index (χ0n) is 6.83. The molecule has 66 valence electrons. The molecule has 1 N–H and O–H groups in total. The van der Waals surface area contributed by atoms with Crippen molar-refractivity contribution >= 4 is 15.9 Å². The van der Waals surface area contributed by atoms with E-state index in [1.165, 1.54) is 6.42 Å². The van der Waals surface area contributed by atoms with Crippen molar-refractivity contribution in [2.75, 3.05) is 13.1 Å². The predicted molar refractivity (Wildman–Crippen MR) is 50.9 cm³/mol. The Balaban J connectivity index is 1.98. The van der Waals surface area contributed by atoms with Crippen LogP contribution in [-0.4, -0.2) is 22.6 Å². The fourth-order valence-corrected chi connectivity index (χ4v) is 1.98. The molecule has 1 aliphatic heterocycles. The third kappa shape index (κ3) is 1.69. The molecule has 0 aliphatic carbocycles. The van der Waals surface area contributed by atoms with Crippen LogP contribution in [0.4, 0.5) is 0 Å². The van der Waals surface area contributed by atoms with Crippen LogP contribution in [0.3, 0.4) is 0 Å². The molecule has 0 radical (unpaired) electrons. The van der Waals surface area contributed by atoms with Gasteiger partial charge in [-0.05, 0) is 41.4 Å². The Bertz CT molecular complexity index is 253. The highest BCUT2D eigenvalue weighted by atomic mass is 79.9. The van der Waals surface area contributed by atoms with E-state index in [4.69, 9.17) is 0 Å². The molecule has 1 aromatic rings. The maximum Gasteiger partial charge on any atom is 0.177 e. The molecule has 1 unspecified atom stereocenters. The van der Waals surface area contributed by atoms with Gasteiger partial charge in [-0.3, -0.25) is 0 Å². The lowest BCUT2D eigenvalue weighted by Crippen LogP contribution is -2.14. The number of hydrogen-bond acceptors (Lipinski definition) is 2. The van der Waals surface area contributed by atoms with Gasteiger partial charge in [0.25, 0.3) is 0 Å². The summed E-state index contributed by atoms with van der Waals surface area (Å²) in [6, 6.07) is 0. The summed E-state index contributed by atoms with van der Waals surface area (Å²) in [4.78, 5) is 4.12. The van der Waals surface area contributed by atoms with Gasteiger partial charge in [-0.25, -0.2) is 4.98 Å². The van der Waals surface area contributed by atoms with Crippen molar-refractivity contribution in [2.45, 2.75) is 13.0 Å². The summed E-state index contributed by atoms with van der Waals surface area (Å²) in [5, 5.41) is 3.36. The minimum absolute atomic E-state index is 0.774. The van der Waals surface area contributed by atoms with Crippen LogP contribution < -0.4 is 5.32 Å². The van der Waals surface area contributed by atoms with Crippen LogP contribution in [0.1, 0.15) is 6.42 Å². The molecule has 3 nitrogen and oxygen atoms in total. The lowest BCUT2D eigenvalue weighted by atomic mass is 10.1. The summed E-state index contributed by atoms with van der Waals surface area (Å²) in [6.45, 7) is 3.38. The van der Waals surface area contributed by atoms with Gasteiger partial charge in [-0.15, -0.1) is 0 Å². The highest BCUT2D eigenvalue weighted by Gasteiger charge is 2.15. The molecule has 1 saturated heterocycles. The average Bonchev–Trinajstić information content (AvgIpc) is 2.65. The van der Waals surface area contributed by atoms with Crippen LogP contribution in [0, 0.1) is 5.92 Å². The largest absolute Gasteiger partial charge is 0.325 e. The standard InChI is InChI=1S/C8H12BrN3/c9-8-11-3-4-12(8)6-7-1-2-10-5-7/h3-4,7,10H,1-2,5-6H2. The fraction of sp³-hybridized carbons (Fsp3) is 0.625. The fourth-order valence-electron chi connectivity index (χ4n) is 1.60. The van der Waals surface area contributed by atoms with E-state index >= 15 is 0 Å². The lowest BCUT2D eigenvalue weighted by Gasteiger charge is -2.09. The van der Waals surface area contributed by atoms with Crippen molar-refractivity contribution < 1.29 is 0 Å². The number of nitrogens with zero attached hydrogens (tertiary/aromatic N) is 2. The zero-order valence-corrected chi connectivity index (χ0v) is 8.42. The maximum absolute atomic E-state index is 4.12. The van der Waals surface area contributed by atoms with E-state index in [1.807, 2.05) is 12.4 Å². The number of hydrogen-bond donors (Lipinski definition) is 1. The summed E-state index contributed by atoms with van der Waals surface area (Å²) in [5.74, 6) is 0.774. The third-order valence-corrected chi connectivity index (χ3v) is 2.94. The molecular formula is C8H12BrN3. The minimum atomic E-state index is 0.774. The second kappa shape index (κ2) is 3.58. The SMILES string of the molecule is Brc1nccn1CC1CCNC1. The van der Waals surface area contributed by atoms with E-state index in [0.717, 1.165) is 30.3 Å². The van der Waals surface area contributed by atoms with Crippen molar-refractivity contribution in [1.29, 1.82) is 0 Å². The van der Waals surface area contributed by atoms with Gasteiger partial charge in [0, 0.05) is 18.9 Å². The molecule has 1 atom stereocenters. The van der Waals surface area contributed by atoms with Crippen molar-refractivity contribution in [2.24, 2.45) is 5.92 Å². The number of nitrogens with one attached hydrogen (secondary N) is 1. The molecule has 0 spiro atoms. The second-order valence-corrected chi connectivity index (χ2v) is 3.92. The Morgan fingerprint density at radius 3 is 3.25 bits per heavy atom. The highest BCUT2D eigenvalue weighted by Crippen LogP contribution is 2.14. The third-order valence-electron chi connectivity index (χ3n) is 2.28. The van der Waals surface area contributed by atoms with Crippen molar-refractivity contribution in [3.63, 3.8) is 0 Å². The van der Waals surface area contributed by atoms with Crippen molar-refractivity contribution in [3.8, 4) is 0 Å². The Morgan fingerprint density at radius 2 is 2.67 bits per heavy atom. The Kier molecular flexibility index (Phi) is 2.46. The number of aromatic nitrogens is 2. The first-order valence-electron chi connectivity index (χ1n) is 4.23. The molecular weight excluding hydrogens is 218 g/mol. The molecule has 12 heavy (non-hydrogen) atoms. The van der Waals surface area contributed by atoms with E-state index in [9.17, 15) is 0 Å². The van der Waals surface area contributed by atoms with E-state index < -0.39 is 0 Å². The summed E-state index contributed by atoms with van der Waals surface area (Å²) >= 11 is 3.40. The normalized spacial score (nSPS) is 23.2. The van der Waals surface area contributed by atoms with Crippen molar-refractivity contribution in [3.05, 3.63) is 17.1 Å². The molecule has 0 bridgehead atoms. The summed E-state index contributed by atoms with van der Waals surface area (Å²) < 4.78 is 3.09. The Morgan fingerprint density at radius 1 is 1.75 bits per heavy atom. The maximum atomic E-state index is 4.12. The van der Waals surface area contributed by atoms with Gasteiger partial charge in [0.2, 0.25) is 0 Å². The Labute approximate surface area is 80.3 Å². The van der Waals surface area contributed by atoms with E-state index in [1.54, 1.807) is 0 Å². The smallest absolute Gasteiger partial charge is 0.177 e. The molecule has 4 heteroatoms. The highest BCUT2D eigenvalue weighted by molar-refractivity contribution is 9.10. The second-order valence-electron chi connectivity index (χ2n) is 3.21. The van der Waals surface area contributed by atoms with Crippen LogP contribution in [0.5, 0.6) is 0 Å². The average molecular weight is 230 g/mol. The zero-order chi connectivity index (χ0) is 8.39. The van der Waals surface area contributed by atoms with Crippen LogP contribution >= 0.6 is 15.9 Å². The van der Waals surface area contributed by atoms with Crippen LogP contribution in [-0.2, 0) is 6.54 Å². The number of halogens is 1.